The van der Waals surface area contributed by atoms with Crippen LogP contribution in [0, 0.1) is 5.82 Å². The van der Waals surface area contributed by atoms with Gasteiger partial charge in [0.15, 0.2) is 21.3 Å². The fraction of sp³-hybridized carbons (Fsp3) is 0.552. The summed E-state index contributed by atoms with van der Waals surface area (Å²) in [6.07, 6.45) is 12.4. The van der Waals surface area contributed by atoms with Gasteiger partial charge in [0.1, 0.15) is 0 Å². The number of hydrogen-bond acceptors (Lipinski definition) is 6. The van der Waals surface area contributed by atoms with Crippen LogP contribution in [-0.4, -0.2) is 84.3 Å². The summed E-state index contributed by atoms with van der Waals surface area (Å²) in [6, 6.07) is 11.0. The number of fused-ring (bicyclic) bond motifs is 3. The van der Waals surface area contributed by atoms with E-state index in [9.17, 15) is 8.42 Å². The molecule has 0 saturated carbocycles. The largest absolute Gasteiger partial charge is 0.378 e. The molecule has 0 N–H and O–H groups in total. The number of ether oxygens (including phenoxy) is 1. The first-order chi connectivity index (χ1) is 18.3. The summed E-state index contributed by atoms with van der Waals surface area (Å²) in [5.74, 6) is 0.0295. The van der Waals surface area contributed by atoms with Gasteiger partial charge in [-0.15, -0.1) is 0 Å². The lowest BCUT2D eigenvalue weighted by Gasteiger charge is -2.49. The average Bonchev–Trinajstić information content (AvgIpc) is 3.41. The van der Waals surface area contributed by atoms with Gasteiger partial charge < -0.3 is 14.0 Å². The minimum absolute atomic E-state index is 0.260. The molecule has 4 aliphatic rings. The number of sulfone groups is 1. The van der Waals surface area contributed by atoms with E-state index in [1.807, 2.05) is 12.4 Å². The van der Waals surface area contributed by atoms with Crippen LogP contribution in [0.1, 0.15) is 50.0 Å². The molecule has 202 valence electrons. The number of hydrogen-bond donors (Lipinski definition) is 0. The Morgan fingerprint density at radius 3 is 2.21 bits per heavy atom. The second-order valence-electron chi connectivity index (χ2n) is 11.7. The van der Waals surface area contributed by atoms with Crippen LogP contribution in [-0.2, 0) is 14.6 Å². The second-order valence-corrected chi connectivity index (χ2v) is 13.7. The molecule has 38 heavy (non-hydrogen) atoms. The highest BCUT2D eigenvalue weighted by Gasteiger charge is 2.47. The van der Waals surface area contributed by atoms with Gasteiger partial charge in [0.25, 0.3) is 0 Å². The lowest BCUT2D eigenvalue weighted by molar-refractivity contribution is -0.100. The van der Waals surface area contributed by atoms with Crippen LogP contribution in [0.4, 0.5) is 4.39 Å². The van der Waals surface area contributed by atoms with E-state index in [4.69, 9.17) is 4.74 Å². The molecule has 7 rings (SSSR count). The quantitative estimate of drug-likeness (QED) is 0.487. The molecule has 2 unspecified atom stereocenters. The zero-order valence-electron chi connectivity index (χ0n) is 21.8. The second kappa shape index (κ2) is 9.40. The Labute approximate surface area is 223 Å². The standard InChI is InChI=1S/C29H35FN4O3S/c1-38(35,36)26-6-2-20(3-7-26)28-16-33-15-21(12-27(30)29(33)31-28)19-8-10-32(11-9-19)24-13-22-4-5-23(14-24)34(22)25-17-37-18-25/h2-3,6-7,12,15-16,19,22-25H,4-5,8-11,13-14,17-18H2,1H3. The predicted octanol–water partition coefficient (Wildman–Crippen LogP) is 4.12. The third-order valence-electron chi connectivity index (χ3n) is 9.43. The molecule has 3 aromatic rings. The van der Waals surface area contributed by atoms with Crippen LogP contribution in [0.15, 0.2) is 47.6 Å². The molecule has 6 heterocycles. The summed E-state index contributed by atoms with van der Waals surface area (Å²) in [6.45, 7) is 3.97. The van der Waals surface area contributed by atoms with Gasteiger partial charge in [-0.05, 0) is 81.3 Å². The minimum Gasteiger partial charge on any atom is -0.378 e. The molecule has 1 aromatic carbocycles. The monoisotopic (exact) mass is 538 g/mol. The fourth-order valence-corrected chi connectivity index (χ4v) is 8.02. The summed E-state index contributed by atoms with van der Waals surface area (Å²) in [5.41, 5.74) is 2.73. The Balaban J connectivity index is 1.03. The van der Waals surface area contributed by atoms with Crippen molar-refractivity contribution in [1.82, 2.24) is 19.2 Å². The number of piperidine rings is 2. The SMILES string of the molecule is CS(=O)(=O)c1ccc(-c2cn3cc(C4CCN(C5CC6CCC(C5)N6C5COC5)CC4)cc(F)c3n2)cc1. The lowest BCUT2D eigenvalue weighted by atomic mass is 9.87. The lowest BCUT2D eigenvalue weighted by Crippen LogP contribution is -2.59. The first-order valence-electron chi connectivity index (χ1n) is 13.9. The van der Waals surface area contributed by atoms with Gasteiger partial charge in [0.2, 0.25) is 0 Å². The van der Waals surface area contributed by atoms with Crippen LogP contribution >= 0.6 is 0 Å². The summed E-state index contributed by atoms with van der Waals surface area (Å²) < 4.78 is 46.0. The number of nitrogens with zero attached hydrogens (tertiary/aromatic N) is 4. The van der Waals surface area contributed by atoms with Crippen molar-refractivity contribution in [2.75, 3.05) is 32.6 Å². The molecule has 0 amide bonds. The van der Waals surface area contributed by atoms with Gasteiger partial charge in [-0.1, -0.05) is 12.1 Å². The van der Waals surface area contributed by atoms with Crippen molar-refractivity contribution in [2.45, 2.75) is 73.5 Å². The molecule has 9 heteroatoms. The van der Waals surface area contributed by atoms with Crippen molar-refractivity contribution in [3.05, 3.63) is 54.1 Å². The maximum Gasteiger partial charge on any atom is 0.175 e. The third-order valence-corrected chi connectivity index (χ3v) is 10.6. The first kappa shape index (κ1) is 24.7. The van der Waals surface area contributed by atoms with Gasteiger partial charge in [-0.3, -0.25) is 4.90 Å². The minimum atomic E-state index is -3.27. The number of rotatable bonds is 5. The zero-order chi connectivity index (χ0) is 26.0. The number of imidazole rings is 1. The topological polar surface area (TPSA) is 67.2 Å². The van der Waals surface area contributed by atoms with E-state index in [2.05, 4.69) is 14.8 Å². The van der Waals surface area contributed by atoms with Gasteiger partial charge >= 0.3 is 0 Å². The number of halogens is 1. The average molecular weight is 539 g/mol. The van der Waals surface area contributed by atoms with E-state index in [1.54, 1.807) is 34.7 Å². The van der Waals surface area contributed by atoms with E-state index in [0.717, 1.165) is 62.4 Å². The highest BCUT2D eigenvalue weighted by atomic mass is 32.2. The highest BCUT2D eigenvalue weighted by Crippen LogP contribution is 2.41. The summed E-state index contributed by atoms with van der Waals surface area (Å²) >= 11 is 0. The van der Waals surface area contributed by atoms with Crippen molar-refractivity contribution in [3.63, 3.8) is 0 Å². The number of benzene rings is 1. The van der Waals surface area contributed by atoms with Crippen molar-refractivity contribution in [3.8, 4) is 11.3 Å². The maximum absolute atomic E-state index is 15.2. The molecule has 4 fully saturated rings. The molecule has 0 aliphatic carbocycles. The van der Waals surface area contributed by atoms with Gasteiger partial charge in [0.05, 0.1) is 29.8 Å². The maximum atomic E-state index is 15.2. The van der Waals surface area contributed by atoms with Gasteiger partial charge in [-0.2, -0.15) is 0 Å². The summed E-state index contributed by atoms with van der Waals surface area (Å²) in [4.78, 5) is 10.3. The van der Waals surface area contributed by atoms with Gasteiger partial charge in [-0.25, -0.2) is 17.8 Å². The smallest absolute Gasteiger partial charge is 0.175 e. The molecule has 2 aromatic heterocycles. The van der Waals surface area contributed by atoms with Crippen LogP contribution in [0.2, 0.25) is 0 Å². The van der Waals surface area contributed by atoms with Crippen molar-refractivity contribution in [1.29, 1.82) is 0 Å². The molecule has 4 saturated heterocycles. The molecule has 0 spiro atoms. The van der Waals surface area contributed by atoms with Crippen LogP contribution < -0.4 is 0 Å². The Bertz CT molecular complexity index is 1430. The third kappa shape index (κ3) is 4.37. The van der Waals surface area contributed by atoms with Crippen LogP contribution in [0.3, 0.4) is 0 Å². The van der Waals surface area contributed by atoms with Crippen molar-refractivity contribution >= 4 is 15.5 Å². The van der Waals surface area contributed by atoms with Crippen molar-refractivity contribution in [2.24, 2.45) is 0 Å². The zero-order valence-corrected chi connectivity index (χ0v) is 22.6. The summed E-state index contributed by atoms with van der Waals surface area (Å²) in [5, 5.41) is 0. The number of pyridine rings is 1. The van der Waals surface area contributed by atoms with E-state index in [-0.39, 0.29) is 10.7 Å². The van der Waals surface area contributed by atoms with E-state index >= 15 is 4.39 Å². The Hall–Kier alpha value is -2.33. The Kier molecular flexibility index (Phi) is 6.11. The normalized spacial score (nSPS) is 27.7. The van der Waals surface area contributed by atoms with Crippen LogP contribution in [0.5, 0.6) is 0 Å². The molecule has 4 aliphatic heterocycles. The van der Waals surface area contributed by atoms with Gasteiger partial charge in [0, 0.05) is 42.3 Å². The fourth-order valence-electron chi connectivity index (χ4n) is 7.39. The van der Waals surface area contributed by atoms with E-state index < -0.39 is 9.84 Å². The molecule has 2 atom stereocenters. The molecule has 7 nitrogen and oxygen atoms in total. The summed E-state index contributed by atoms with van der Waals surface area (Å²) in [7, 11) is -3.27. The molecule has 0 radical (unpaired) electrons. The number of likely N-dealkylation sites (tertiary alicyclic amines) is 1. The first-order valence-corrected chi connectivity index (χ1v) is 15.8. The number of aromatic nitrogens is 2. The Morgan fingerprint density at radius 1 is 0.921 bits per heavy atom. The molecular formula is C29H35FN4O3S. The molecule has 2 bridgehead atoms. The predicted molar refractivity (Wildman–Crippen MR) is 144 cm³/mol. The molecular weight excluding hydrogens is 503 g/mol. The Morgan fingerprint density at radius 2 is 1.61 bits per heavy atom. The highest BCUT2D eigenvalue weighted by molar-refractivity contribution is 7.90. The van der Waals surface area contributed by atoms with E-state index in [0.29, 0.717) is 29.3 Å². The van der Waals surface area contributed by atoms with E-state index in [1.165, 1.54) is 31.9 Å². The van der Waals surface area contributed by atoms with Crippen molar-refractivity contribution < 1.29 is 17.5 Å². The van der Waals surface area contributed by atoms with Crippen LogP contribution in [0.25, 0.3) is 16.9 Å².